The number of hydrogen-bond donors (Lipinski definition) is 2. The molecule has 0 aliphatic carbocycles. The zero-order chi connectivity index (χ0) is 20.6. The molecule has 5 heteroatoms. The fourth-order valence-electron chi connectivity index (χ4n) is 3.88. The first-order valence-corrected chi connectivity index (χ1v) is 9.48. The number of rotatable bonds is 5. The topological polar surface area (TPSA) is 79.5 Å². The minimum atomic E-state index is -0.896. The lowest BCUT2D eigenvalue weighted by Crippen LogP contribution is -2.16. The molecule has 1 unspecified atom stereocenters. The second kappa shape index (κ2) is 7.50. The van der Waals surface area contributed by atoms with Gasteiger partial charge in [0, 0.05) is 16.6 Å². The van der Waals surface area contributed by atoms with Crippen molar-refractivity contribution in [1.29, 1.82) is 0 Å². The maximum Gasteiger partial charge on any atom is 0.311 e. The van der Waals surface area contributed by atoms with Gasteiger partial charge in [0.15, 0.2) is 0 Å². The van der Waals surface area contributed by atoms with Crippen molar-refractivity contribution in [2.75, 3.05) is 0 Å². The lowest BCUT2D eigenvalue weighted by Gasteiger charge is -2.13. The van der Waals surface area contributed by atoms with Crippen LogP contribution in [0, 0.1) is 6.92 Å². The first-order chi connectivity index (χ1) is 13.3. The summed E-state index contributed by atoms with van der Waals surface area (Å²) in [5.74, 6) is -1.57. The number of aromatic nitrogens is 1. The van der Waals surface area contributed by atoms with Crippen LogP contribution in [0.5, 0.6) is 5.75 Å². The van der Waals surface area contributed by atoms with Crippen molar-refractivity contribution in [2.24, 2.45) is 0 Å². The van der Waals surface area contributed by atoms with Crippen molar-refractivity contribution >= 4 is 22.8 Å². The van der Waals surface area contributed by atoms with Crippen molar-refractivity contribution in [3.8, 4) is 5.75 Å². The smallest absolute Gasteiger partial charge is 0.311 e. The average Bonchev–Trinajstić information content (AvgIpc) is 2.94. The summed E-state index contributed by atoms with van der Waals surface area (Å²) < 4.78 is 1.59. The molecule has 0 fully saturated rings. The second-order valence-electron chi connectivity index (χ2n) is 7.38. The van der Waals surface area contributed by atoms with E-state index in [-0.39, 0.29) is 17.6 Å². The summed E-state index contributed by atoms with van der Waals surface area (Å²) in [7, 11) is 0. The molecular formula is C23H25NO4. The molecule has 0 radical (unpaired) electrons. The molecule has 146 valence electrons. The molecule has 1 heterocycles. The Kier molecular flexibility index (Phi) is 5.27. The summed E-state index contributed by atoms with van der Waals surface area (Å²) >= 11 is 0. The number of carbonyl (C=O) groups excluding carboxylic acids is 1. The zero-order valence-electron chi connectivity index (χ0n) is 16.6. The summed E-state index contributed by atoms with van der Waals surface area (Å²) in [5.41, 5.74) is 3.18. The van der Waals surface area contributed by atoms with Gasteiger partial charge >= 0.3 is 5.97 Å². The van der Waals surface area contributed by atoms with Gasteiger partial charge in [0.25, 0.3) is 5.91 Å². The Morgan fingerprint density at radius 1 is 1.11 bits per heavy atom. The second-order valence-corrected chi connectivity index (χ2v) is 7.38. The molecule has 28 heavy (non-hydrogen) atoms. The lowest BCUT2D eigenvalue weighted by atomic mass is 9.94. The van der Waals surface area contributed by atoms with Crippen LogP contribution in [0.25, 0.3) is 10.9 Å². The largest absolute Gasteiger partial charge is 0.508 e. The highest BCUT2D eigenvalue weighted by Gasteiger charge is 2.28. The van der Waals surface area contributed by atoms with E-state index in [4.69, 9.17) is 0 Å². The van der Waals surface area contributed by atoms with E-state index in [2.05, 4.69) is 0 Å². The normalized spacial score (nSPS) is 12.5. The van der Waals surface area contributed by atoms with Crippen molar-refractivity contribution < 1.29 is 19.8 Å². The number of carboxylic acids is 1. The number of phenolic OH excluding ortho intramolecular Hbond substituents is 1. The number of carbonyl (C=O) groups is 2. The Hall–Kier alpha value is -3.08. The van der Waals surface area contributed by atoms with Crippen LogP contribution in [0.2, 0.25) is 0 Å². The third kappa shape index (κ3) is 3.17. The van der Waals surface area contributed by atoms with Gasteiger partial charge in [-0.3, -0.25) is 14.2 Å². The highest BCUT2D eigenvalue weighted by molar-refractivity contribution is 6.05. The number of nitrogens with zero attached hydrogens (tertiary/aromatic N) is 1. The molecule has 3 aromatic rings. The van der Waals surface area contributed by atoms with E-state index < -0.39 is 11.9 Å². The molecule has 5 nitrogen and oxygen atoms in total. The number of fused-ring (bicyclic) bond motifs is 1. The first kappa shape index (κ1) is 19.7. The van der Waals surface area contributed by atoms with Gasteiger partial charge in [0.2, 0.25) is 0 Å². The summed E-state index contributed by atoms with van der Waals surface area (Å²) in [5, 5.41) is 20.5. The van der Waals surface area contributed by atoms with Crippen LogP contribution in [0.1, 0.15) is 66.2 Å². The number of hydrogen-bond acceptors (Lipinski definition) is 3. The van der Waals surface area contributed by atoms with Crippen LogP contribution in [0.15, 0.2) is 42.5 Å². The maximum absolute atomic E-state index is 13.4. The SMILES string of the molecule is CCC(C(=O)O)c1c(C)n(C(=O)c2ccc(O)c(C(C)C)c2)c2ccccc12. The minimum Gasteiger partial charge on any atom is -0.508 e. The number of aliphatic carboxylic acids is 1. The van der Waals surface area contributed by atoms with Crippen molar-refractivity contribution in [2.45, 2.75) is 46.0 Å². The van der Waals surface area contributed by atoms with Gasteiger partial charge < -0.3 is 10.2 Å². The van der Waals surface area contributed by atoms with Gasteiger partial charge in [0.05, 0.1) is 11.4 Å². The predicted molar refractivity (Wildman–Crippen MR) is 109 cm³/mol. The third-order valence-corrected chi connectivity index (χ3v) is 5.31. The minimum absolute atomic E-state index is 0.0716. The molecule has 1 atom stereocenters. The van der Waals surface area contributed by atoms with E-state index in [0.29, 0.717) is 34.3 Å². The Labute approximate surface area is 164 Å². The van der Waals surface area contributed by atoms with Crippen molar-refractivity contribution in [1.82, 2.24) is 4.57 Å². The van der Waals surface area contributed by atoms with E-state index >= 15 is 0 Å². The van der Waals surface area contributed by atoms with Crippen molar-refractivity contribution in [3.05, 3.63) is 64.8 Å². The standard InChI is InChI=1S/C23H25NO4/c1-5-16(23(27)28)21-14(4)24(19-9-7-6-8-17(19)21)22(26)15-10-11-20(25)18(12-15)13(2)3/h6-13,16,25H,5H2,1-4H3,(H,27,28). The van der Waals surface area contributed by atoms with Gasteiger partial charge in [-0.15, -0.1) is 0 Å². The Morgan fingerprint density at radius 3 is 2.39 bits per heavy atom. The van der Waals surface area contributed by atoms with Crippen molar-refractivity contribution in [3.63, 3.8) is 0 Å². The van der Waals surface area contributed by atoms with E-state index in [1.165, 1.54) is 6.07 Å². The maximum atomic E-state index is 13.4. The highest BCUT2D eigenvalue weighted by atomic mass is 16.4. The van der Waals surface area contributed by atoms with E-state index in [1.807, 2.05) is 45.0 Å². The molecule has 3 rings (SSSR count). The molecular weight excluding hydrogens is 354 g/mol. The summed E-state index contributed by atoms with van der Waals surface area (Å²) in [6.45, 7) is 7.54. The first-order valence-electron chi connectivity index (χ1n) is 9.48. The fourth-order valence-corrected chi connectivity index (χ4v) is 3.88. The Balaban J connectivity index is 2.24. The van der Waals surface area contributed by atoms with Crippen LogP contribution >= 0.6 is 0 Å². The molecule has 0 aliphatic rings. The quantitative estimate of drug-likeness (QED) is 0.650. The van der Waals surface area contributed by atoms with Crippen LogP contribution in [-0.2, 0) is 4.79 Å². The van der Waals surface area contributed by atoms with E-state index in [0.717, 1.165) is 5.39 Å². The molecule has 0 spiro atoms. The van der Waals surface area contributed by atoms with Crippen LogP contribution in [-0.4, -0.2) is 26.7 Å². The zero-order valence-corrected chi connectivity index (χ0v) is 16.6. The third-order valence-electron chi connectivity index (χ3n) is 5.31. The monoisotopic (exact) mass is 379 g/mol. The molecule has 0 saturated heterocycles. The molecule has 2 N–H and O–H groups in total. The van der Waals surface area contributed by atoms with Gasteiger partial charge in [0.1, 0.15) is 5.75 Å². The molecule has 0 amide bonds. The molecule has 0 aliphatic heterocycles. The predicted octanol–water partition coefficient (Wildman–Crippen LogP) is 5.05. The fraction of sp³-hybridized carbons (Fsp3) is 0.304. The summed E-state index contributed by atoms with van der Waals surface area (Å²) in [4.78, 5) is 25.2. The number of phenols is 1. The van der Waals surface area contributed by atoms with Crippen LogP contribution in [0.4, 0.5) is 0 Å². The van der Waals surface area contributed by atoms with E-state index in [9.17, 15) is 19.8 Å². The molecule has 1 aromatic heterocycles. The average molecular weight is 379 g/mol. The van der Waals surface area contributed by atoms with Crippen LogP contribution < -0.4 is 0 Å². The van der Waals surface area contributed by atoms with Gasteiger partial charge in [-0.25, -0.2) is 0 Å². The number of benzene rings is 2. The lowest BCUT2D eigenvalue weighted by molar-refractivity contribution is -0.138. The molecule has 0 bridgehead atoms. The molecule has 0 saturated carbocycles. The number of aromatic hydroxyl groups is 1. The van der Waals surface area contributed by atoms with E-state index in [1.54, 1.807) is 23.6 Å². The van der Waals surface area contributed by atoms with Gasteiger partial charge in [-0.1, -0.05) is 39.0 Å². The molecule has 2 aromatic carbocycles. The number of para-hydroxylation sites is 1. The highest BCUT2D eigenvalue weighted by Crippen LogP contribution is 2.35. The Bertz CT molecular complexity index is 1060. The summed E-state index contributed by atoms with van der Waals surface area (Å²) in [6.07, 6.45) is 0.440. The Morgan fingerprint density at radius 2 is 1.79 bits per heavy atom. The van der Waals surface area contributed by atoms with Gasteiger partial charge in [-0.05, 0) is 54.7 Å². The van der Waals surface area contributed by atoms with Gasteiger partial charge in [-0.2, -0.15) is 0 Å². The van der Waals surface area contributed by atoms with Crippen LogP contribution in [0.3, 0.4) is 0 Å². The number of carboxylic acid groups (broad SMARTS) is 1. The summed E-state index contributed by atoms with van der Waals surface area (Å²) in [6, 6.07) is 12.2.